The molecule has 298 valence electrons. The zero-order valence-corrected chi connectivity index (χ0v) is 34.6. The summed E-state index contributed by atoms with van der Waals surface area (Å²) in [5.41, 5.74) is 16.0. The molecule has 9 aromatic carbocycles. The highest BCUT2D eigenvalue weighted by Crippen LogP contribution is 2.64. The second-order valence-electron chi connectivity index (χ2n) is 16.5. The van der Waals surface area contributed by atoms with E-state index in [2.05, 4.69) is 169 Å². The van der Waals surface area contributed by atoms with Gasteiger partial charge in [-0.25, -0.2) is 19.9 Å². The molecule has 2 aromatic heterocycles. The van der Waals surface area contributed by atoms with Gasteiger partial charge in [0.1, 0.15) is 0 Å². The number of nitrogens with zero attached hydrogens (tertiary/aromatic N) is 5. The lowest BCUT2D eigenvalue weighted by Crippen LogP contribution is -2.36. The Bertz CT molecular complexity index is 3510. The van der Waals surface area contributed by atoms with E-state index in [0.717, 1.165) is 66.7 Å². The molecule has 3 heterocycles. The lowest BCUT2D eigenvalue weighted by atomic mass is 9.64. The maximum Gasteiger partial charge on any atom is 0.164 e. The van der Waals surface area contributed by atoms with Crippen LogP contribution in [0.15, 0.2) is 224 Å². The van der Waals surface area contributed by atoms with Gasteiger partial charge in [-0.1, -0.05) is 176 Å². The summed E-state index contributed by atoms with van der Waals surface area (Å²) in [6, 6.07) is 80.0. The smallest absolute Gasteiger partial charge is 0.164 e. The van der Waals surface area contributed by atoms with E-state index in [1.165, 1.54) is 33.4 Å². The number of aromatic nitrogens is 4. The quantitative estimate of drug-likeness (QED) is 0.162. The van der Waals surface area contributed by atoms with Gasteiger partial charge in [-0.05, 0) is 87.3 Å². The van der Waals surface area contributed by atoms with Gasteiger partial charge < -0.3 is 4.90 Å². The summed E-state index contributed by atoms with van der Waals surface area (Å²) in [6.45, 7) is 0. The standard InChI is InChI=1S/C59H37N5/c1-5-19-38(20-6-1)55-47-37-54-51(59(48-29-15-13-27-43(48)44-28-14-16-30-49(44)59)50-31-17-18-32-53(50)64(54)42-25-11-4-12-26-42)36-45(47)46-35-41(33-34-52(46)60-55)58-62-56(39-21-7-2-8-22-39)61-57(63-58)40-23-9-3-10-24-40/h1-37H. The summed E-state index contributed by atoms with van der Waals surface area (Å²) in [7, 11) is 0. The second-order valence-corrected chi connectivity index (χ2v) is 16.5. The van der Waals surface area contributed by atoms with Crippen LogP contribution in [0.4, 0.5) is 17.1 Å². The molecule has 0 saturated heterocycles. The third kappa shape index (κ3) is 5.37. The Hall–Kier alpha value is -8.54. The van der Waals surface area contributed by atoms with Crippen LogP contribution in [0.5, 0.6) is 0 Å². The first-order chi connectivity index (χ1) is 31.7. The summed E-state index contributed by atoms with van der Waals surface area (Å²) >= 11 is 0. The van der Waals surface area contributed by atoms with Gasteiger partial charge in [-0.3, -0.25) is 0 Å². The van der Waals surface area contributed by atoms with E-state index in [-0.39, 0.29) is 0 Å². The number of pyridine rings is 1. The molecule has 5 nitrogen and oxygen atoms in total. The van der Waals surface area contributed by atoms with Gasteiger partial charge in [0, 0.05) is 38.7 Å². The molecule has 0 unspecified atom stereocenters. The molecular weight excluding hydrogens is 779 g/mol. The third-order valence-electron chi connectivity index (χ3n) is 13.1. The van der Waals surface area contributed by atoms with Crippen molar-refractivity contribution in [3.05, 3.63) is 247 Å². The van der Waals surface area contributed by atoms with E-state index in [1.54, 1.807) is 0 Å². The molecule has 0 fully saturated rings. The molecule has 13 rings (SSSR count). The summed E-state index contributed by atoms with van der Waals surface area (Å²) in [5, 5.41) is 3.20. The van der Waals surface area contributed by atoms with Crippen molar-refractivity contribution in [1.82, 2.24) is 19.9 Å². The number of benzene rings is 9. The van der Waals surface area contributed by atoms with Crippen LogP contribution >= 0.6 is 0 Å². The topological polar surface area (TPSA) is 54.8 Å². The highest BCUT2D eigenvalue weighted by atomic mass is 15.2. The monoisotopic (exact) mass is 815 g/mol. The first-order valence-electron chi connectivity index (χ1n) is 21.7. The molecule has 0 saturated carbocycles. The lowest BCUT2D eigenvalue weighted by molar-refractivity contribution is 0.754. The van der Waals surface area contributed by atoms with E-state index >= 15 is 0 Å². The van der Waals surface area contributed by atoms with Crippen LogP contribution < -0.4 is 4.90 Å². The van der Waals surface area contributed by atoms with E-state index in [4.69, 9.17) is 19.9 Å². The van der Waals surface area contributed by atoms with Crippen molar-refractivity contribution in [1.29, 1.82) is 0 Å². The van der Waals surface area contributed by atoms with Gasteiger partial charge in [-0.15, -0.1) is 0 Å². The SMILES string of the molecule is c1ccc(-c2nc(-c3ccccc3)nc(-c3ccc4nc(-c5ccccc5)c5cc6c(cc5c4c3)C3(c4ccccc4-c4ccccc43)c3ccccc3N6c3ccccc3)n2)cc1. The third-order valence-corrected chi connectivity index (χ3v) is 13.1. The number of rotatable bonds is 5. The summed E-state index contributed by atoms with van der Waals surface area (Å²) in [5.74, 6) is 1.86. The molecule has 0 amide bonds. The largest absolute Gasteiger partial charge is 0.310 e. The van der Waals surface area contributed by atoms with Crippen molar-refractivity contribution < 1.29 is 0 Å². The van der Waals surface area contributed by atoms with Crippen molar-refractivity contribution >= 4 is 38.7 Å². The summed E-state index contributed by atoms with van der Waals surface area (Å²) in [4.78, 5) is 23.3. The van der Waals surface area contributed by atoms with Crippen molar-refractivity contribution in [2.45, 2.75) is 5.41 Å². The van der Waals surface area contributed by atoms with Crippen LogP contribution in [-0.4, -0.2) is 19.9 Å². The molecule has 0 radical (unpaired) electrons. The normalized spacial score (nSPS) is 13.1. The zero-order valence-electron chi connectivity index (χ0n) is 34.6. The fraction of sp³-hybridized carbons (Fsp3) is 0.0169. The maximum absolute atomic E-state index is 5.52. The Labute approximate surface area is 370 Å². The first kappa shape index (κ1) is 36.1. The Morgan fingerprint density at radius 2 is 0.812 bits per heavy atom. The molecule has 11 aromatic rings. The molecule has 1 aliphatic carbocycles. The molecular formula is C59H37N5. The summed E-state index contributed by atoms with van der Waals surface area (Å²) in [6.07, 6.45) is 0. The number of hydrogen-bond donors (Lipinski definition) is 0. The fourth-order valence-electron chi connectivity index (χ4n) is 10.3. The van der Waals surface area contributed by atoms with Gasteiger partial charge >= 0.3 is 0 Å². The van der Waals surface area contributed by atoms with Crippen molar-refractivity contribution in [3.8, 4) is 56.5 Å². The van der Waals surface area contributed by atoms with Gasteiger partial charge in [0.15, 0.2) is 17.5 Å². The van der Waals surface area contributed by atoms with Crippen molar-refractivity contribution in [2.24, 2.45) is 0 Å². The van der Waals surface area contributed by atoms with Gasteiger partial charge in [0.05, 0.1) is 28.0 Å². The minimum atomic E-state index is -0.609. The molecule has 1 spiro atoms. The predicted octanol–water partition coefficient (Wildman–Crippen LogP) is 14.4. The number of para-hydroxylation sites is 2. The lowest BCUT2D eigenvalue weighted by Gasteiger charge is -2.45. The molecule has 0 bridgehead atoms. The average molecular weight is 816 g/mol. The highest BCUT2D eigenvalue weighted by molar-refractivity contribution is 6.14. The number of fused-ring (bicyclic) bond motifs is 12. The predicted molar refractivity (Wildman–Crippen MR) is 260 cm³/mol. The summed E-state index contributed by atoms with van der Waals surface area (Å²) < 4.78 is 0. The second kappa shape index (κ2) is 14.3. The fourth-order valence-corrected chi connectivity index (χ4v) is 10.3. The highest BCUT2D eigenvalue weighted by Gasteiger charge is 2.51. The number of hydrogen-bond acceptors (Lipinski definition) is 5. The minimum Gasteiger partial charge on any atom is -0.310 e. The Morgan fingerprint density at radius 1 is 0.312 bits per heavy atom. The van der Waals surface area contributed by atoms with Gasteiger partial charge in [0.25, 0.3) is 0 Å². The van der Waals surface area contributed by atoms with Crippen molar-refractivity contribution in [2.75, 3.05) is 4.90 Å². The maximum atomic E-state index is 5.52. The van der Waals surface area contributed by atoms with Crippen LogP contribution in [0, 0.1) is 0 Å². The number of anilines is 3. The molecule has 2 aliphatic rings. The van der Waals surface area contributed by atoms with Gasteiger partial charge in [0.2, 0.25) is 0 Å². The Balaban J connectivity index is 1.15. The molecule has 1 aliphatic heterocycles. The van der Waals surface area contributed by atoms with E-state index in [0.29, 0.717) is 17.5 Å². The van der Waals surface area contributed by atoms with Gasteiger partial charge in [-0.2, -0.15) is 0 Å². The van der Waals surface area contributed by atoms with Crippen LogP contribution in [0.25, 0.3) is 78.2 Å². The van der Waals surface area contributed by atoms with E-state index in [1.807, 2.05) is 60.7 Å². The van der Waals surface area contributed by atoms with Crippen LogP contribution in [0.1, 0.15) is 22.3 Å². The van der Waals surface area contributed by atoms with Crippen molar-refractivity contribution in [3.63, 3.8) is 0 Å². The molecule has 64 heavy (non-hydrogen) atoms. The molecule has 0 atom stereocenters. The zero-order chi connectivity index (χ0) is 42.2. The Morgan fingerprint density at radius 3 is 1.42 bits per heavy atom. The van der Waals surface area contributed by atoms with E-state index in [9.17, 15) is 0 Å². The first-order valence-corrected chi connectivity index (χ1v) is 21.7. The van der Waals surface area contributed by atoms with Crippen LogP contribution in [0.2, 0.25) is 0 Å². The Kier molecular flexibility index (Phi) is 8.06. The average Bonchev–Trinajstić information content (AvgIpc) is 3.67. The minimum absolute atomic E-state index is 0.604. The van der Waals surface area contributed by atoms with E-state index < -0.39 is 5.41 Å². The van der Waals surface area contributed by atoms with Crippen LogP contribution in [-0.2, 0) is 5.41 Å². The molecule has 5 heteroatoms. The van der Waals surface area contributed by atoms with Crippen LogP contribution in [0.3, 0.4) is 0 Å². The molecule has 0 N–H and O–H groups in total.